The molecule has 0 spiro atoms. The van der Waals surface area contributed by atoms with Gasteiger partial charge in [-0.2, -0.15) is 5.10 Å². The van der Waals surface area contributed by atoms with Gasteiger partial charge in [-0.05, 0) is 56.2 Å². The van der Waals surface area contributed by atoms with Gasteiger partial charge in [0.05, 0.1) is 6.21 Å². The van der Waals surface area contributed by atoms with Gasteiger partial charge in [0.25, 0.3) is 5.91 Å². The molecule has 0 aliphatic heterocycles. The second-order valence-corrected chi connectivity index (χ2v) is 6.26. The lowest BCUT2D eigenvalue weighted by Gasteiger charge is -2.07. The molecule has 1 N–H and O–H groups in total. The van der Waals surface area contributed by atoms with Crippen molar-refractivity contribution in [2.24, 2.45) is 5.10 Å². The van der Waals surface area contributed by atoms with Crippen LogP contribution in [-0.4, -0.2) is 18.7 Å². The van der Waals surface area contributed by atoms with E-state index >= 15 is 0 Å². The smallest absolute Gasteiger partial charge is 0.277 e. The number of ether oxygens (including phenoxy) is 1. The molecule has 0 aliphatic carbocycles. The average molecular weight is 375 g/mol. The summed E-state index contributed by atoms with van der Waals surface area (Å²) < 4.78 is 6.34. The highest BCUT2D eigenvalue weighted by molar-refractivity contribution is 9.10. The number of hydrogen-bond acceptors (Lipinski definition) is 3. The third-order valence-corrected chi connectivity index (χ3v) is 3.83. The van der Waals surface area contributed by atoms with Crippen LogP contribution in [0.4, 0.5) is 0 Å². The summed E-state index contributed by atoms with van der Waals surface area (Å²) >= 11 is 3.34. The Morgan fingerprint density at radius 1 is 1.17 bits per heavy atom. The van der Waals surface area contributed by atoms with Crippen LogP contribution >= 0.6 is 15.9 Å². The molecule has 2 rings (SSSR count). The molecule has 2 aromatic carbocycles. The van der Waals surface area contributed by atoms with Crippen LogP contribution in [-0.2, 0) is 4.79 Å². The molecule has 0 radical (unpaired) electrons. The fourth-order valence-electron chi connectivity index (χ4n) is 2.28. The van der Waals surface area contributed by atoms with Gasteiger partial charge in [0.15, 0.2) is 6.61 Å². The van der Waals surface area contributed by atoms with Crippen LogP contribution < -0.4 is 10.2 Å². The number of nitrogens with zero attached hydrogens (tertiary/aromatic N) is 1. The second-order valence-electron chi connectivity index (χ2n) is 5.35. The Kier molecular flexibility index (Phi) is 5.93. The minimum Gasteiger partial charge on any atom is -0.484 e. The molecular weight excluding hydrogens is 356 g/mol. The van der Waals surface area contributed by atoms with Gasteiger partial charge in [0.1, 0.15) is 5.75 Å². The zero-order valence-corrected chi connectivity index (χ0v) is 15.0. The molecule has 2 aromatic rings. The Morgan fingerprint density at radius 2 is 1.78 bits per heavy atom. The van der Waals surface area contributed by atoms with Gasteiger partial charge >= 0.3 is 0 Å². The van der Waals surface area contributed by atoms with Gasteiger partial charge in [0.2, 0.25) is 0 Å². The van der Waals surface area contributed by atoms with Crippen LogP contribution in [0.25, 0.3) is 0 Å². The average Bonchev–Trinajstić information content (AvgIpc) is 2.49. The molecule has 0 saturated carbocycles. The number of benzene rings is 2. The van der Waals surface area contributed by atoms with Gasteiger partial charge in [-0.1, -0.05) is 33.6 Å². The lowest BCUT2D eigenvalue weighted by atomic mass is 10.0. The summed E-state index contributed by atoms with van der Waals surface area (Å²) in [4.78, 5) is 11.7. The molecule has 1 amide bonds. The number of hydrazone groups is 1. The maximum Gasteiger partial charge on any atom is 0.277 e. The zero-order valence-electron chi connectivity index (χ0n) is 13.4. The fourth-order valence-corrected chi connectivity index (χ4v) is 2.54. The van der Waals surface area contributed by atoms with E-state index in [0.717, 1.165) is 21.2 Å². The molecular formula is C18H19BrN2O2. The van der Waals surface area contributed by atoms with E-state index in [1.165, 1.54) is 5.56 Å². The molecule has 0 bridgehead atoms. The van der Waals surface area contributed by atoms with Crippen LogP contribution in [0.15, 0.2) is 46.0 Å². The maximum atomic E-state index is 11.7. The molecule has 0 aliphatic rings. The summed E-state index contributed by atoms with van der Waals surface area (Å²) in [6.07, 6.45) is 1.67. The third kappa shape index (κ3) is 5.21. The van der Waals surface area contributed by atoms with Gasteiger partial charge in [0, 0.05) is 10.0 Å². The predicted octanol–water partition coefficient (Wildman–Crippen LogP) is 3.90. The lowest BCUT2D eigenvalue weighted by Crippen LogP contribution is -2.24. The first-order chi connectivity index (χ1) is 11.0. The summed E-state index contributed by atoms with van der Waals surface area (Å²) in [7, 11) is 0. The van der Waals surface area contributed by atoms with Gasteiger partial charge in [-0.3, -0.25) is 4.79 Å². The summed E-state index contributed by atoms with van der Waals surface area (Å²) in [5.74, 6) is 0.337. The molecule has 0 saturated heterocycles. The van der Waals surface area contributed by atoms with Crippen LogP contribution in [0.5, 0.6) is 5.75 Å². The molecule has 5 heteroatoms. The van der Waals surface area contributed by atoms with Crippen LogP contribution in [0.2, 0.25) is 0 Å². The highest BCUT2D eigenvalue weighted by Crippen LogP contribution is 2.16. The van der Waals surface area contributed by atoms with Crippen LogP contribution in [0.1, 0.15) is 22.3 Å². The van der Waals surface area contributed by atoms with Crippen molar-refractivity contribution >= 4 is 28.1 Å². The first-order valence-electron chi connectivity index (χ1n) is 7.24. The molecule has 0 unspecified atom stereocenters. The van der Waals surface area contributed by atoms with Crippen molar-refractivity contribution in [2.45, 2.75) is 20.8 Å². The van der Waals surface area contributed by atoms with E-state index in [0.29, 0.717) is 5.75 Å². The van der Waals surface area contributed by atoms with Crippen molar-refractivity contribution in [1.82, 2.24) is 5.43 Å². The van der Waals surface area contributed by atoms with Gasteiger partial charge in [-0.25, -0.2) is 5.43 Å². The largest absolute Gasteiger partial charge is 0.484 e. The van der Waals surface area contributed by atoms with E-state index in [4.69, 9.17) is 4.74 Å². The van der Waals surface area contributed by atoms with E-state index < -0.39 is 0 Å². The molecule has 23 heavy (non-hydrogen) atoms. The quantitative estimate of drug-likeness (QED) is 0.637. The Labute approximate surface area is 144 Å². The highest BCUT2D eigenvalue weighted by Gasteiger charge is 2.03. The van der Waals surface area contributed by atoms with Crippen LogP contribution in [0.3, 0.4) is 0 Å². The maximum absolute atomic E-state index is 11.7. The Hall–Kier alpha value is -2.14. The first-order valence-corrected chi connectivity index (χ1v) is 8.03. The number of halogens is 1. The Balaban J connectivity index is 1.88. The Bertz CT molecular complexity index is 701. The van der Waals surface area contributed by atoms with E-state index in [1.54, 1.807) is 18.3 Å². The van der Waals surface area contributed by atoms with E-state index in [2.05, 4.69) is 45.5 Å². The number of carbonyl (C=O) groups is 1. The fraction of sp³-hybridized carbons (Fsp3) is 0.222. The standard InChI is InChI=1S/C18H19BrN2O2/c1-12-8-13(2)17(14(3)9-12)10-20-21-18(22)11-23-16-6-4-15(19)5-7-16/h4-10H,11H2,1-3H3,(H,21,22)/b20-10-. The zero-order chi connectivity index (χ0) is 16.8. The van der Waals surface area contributed by atoms with Crippen molar-refractivity contribution in [3.8, 4) is 5.75 Å². The first kappa shape index (κ1) is 17.2. The highest BCUT2D eigenvalue weighted by atomic mass is 79.9. The number of aryl methyl sites for hydroxylation is 3. The third-order valence-electron chi connectivity index (χ3n) is 3.30. The van der Waals surface area contributed by atoms with Crippen molar-refractivity contribution in [3.63, 3.8) is 0 Å². The molecule has 0 atom stereocenters. The molecule has 0 fully saturated rings. The topological polar surface area (TPSA) is 50.7 Å². The second kappa shape index (κ2) is 7.92. The van der Waals surface area contributed by atoms with Gasteiger partial charge in [-0.15, -0.1) is 0 Å². The number of nitrogens with one attached hydrogen (secondary N) is 1. The number of hydrogen-bond donors (Lipinski definition) is 1. The van der Waals surface area contributed by atoms with E-state index in [-0.39, 0.29) is 12.5 Å². The van der Waals surface area contributed by atoms with Crippen molar-refractivity contribution in [3.05, 3.63) is 63.1 Å². The minimum absolute atomic E-state index is 0.0785. The molecule has 4 nitrogen and oxygen atoms in total. The normalized spacial score (nSPS) is 10.8. The SMILES string of the molecule is Cc1cc(C)c(/C=N\NC(=O)COc2ccc(Br)cc2)c(C)c1. The molecule has 0 heterocycles. The lowest BCUT2D eigenvalue weighted by molar-refractivity contribution is -0.123. The molecule has 120 valence electrons. The van der Waals surface area contributed by atoms with Crippen LogP contribution in [0, 0.1) is 20.8 Å². The molecule has 0 aromatic heterocycles. The van der Waals surface area contributed by atoms with E-state index in [1.807, 2.05) is 26.0 Å². The number of amides is 1. The summed E-state index contributed by atoms with van der Waals surface area (Å²) in [6, 6.07) is 11.5. The summed E-state index contributed by atoms with van der Waals surface area (Å²) in [6.45, 7) is 6.03. The summed E-state index contributed by atoms with van der Waals surface area (Å²) in [5, 5.41) is 4.01. The van der Waals surface area contributed by atoms with Crippen molar-refractivity contribution in [1.29, 1.82) is 0 Å². The van der Waals surface area contributed by atoms with E-state index in [9.17, 15) is 4.79 Å². The minimum atomic E-state index is -0.299. The number of carbonyl (C=O) groups excluding carboxylic acids is 1. The summed E-state index contributed by atoms with van der Waals surface area (Å²) in [5.41, 5.74) is 6.97. The van der Waals surface area contributed by atoms with Crippen molar-refractivity contribution < 1.29 is 9.53 Å². The number of rotatable bonds is 5. The monoisotopic (exact) mass is 374 g/mol. The van der Waals surface area contributed by atoms with Crippen molar-refractivity contribution in [2.75, 3.05) is 6.61 Å². The predicted molar refractivity (Wildman–Crippen MR) is 96.0 cm³/mol. The Morgan fingerprint density at radius 3 is 2.39 bits per heavy atom. The van der Waals surface area contributed by atoms with Gasteiger partial charge < -0.3 is 4.74 Å².